The molecule has 10 nitrogen and oxygen atoms in total. The van der Waals surface area contributed by atoms with E-state index in [4.69, 9.17) is 20.2 Å². The van der Waals surface area contributed by atoms with Crippen molar-refractivity contribution < 1.29 is 38.5 Å². The van der Waals surface area contributed by atoms with E-state index in [1.54, 1.807) is 17.6 Å². The Balaban J connectivity index is 2.13. The number of nitrogens with one attached hydrogen (secondary N) is 2. The highest BCUT2D eigenvalue weighted by molar-refractivity contribution is 7.93. The van der Waals surface area contributed by atoms with Crippen molar-refractivity contribution in [2.75, 3.05) is 25.2 Å². The third-order valence-electron chi connectivity index (χ3n) is 4.46. The first-order chi connectivity index (χ1) is 14.2. The van der Waals surface area contributed by atoms with Crippen LogP contribution in [0.25, 0.3) is 0 Å². The zero-order valence-electron chi connectivity index (χ0n) is 16.0. The normalized spacial score (nSPS) is 19.0. The molecule has 1 saturated heterocycles. The summed E-state index contributed by atoms with van der Waals surface area (Å²) < 4.78 is 28.5. The number of hydrogen-bond acceptors (Lipinski definition) is 9. The second kappa shape index (κ2) is 10.0. The number of amides is 1. The monoisotopic (exact) mass is 438 g/mol. The van der Waals surface area contributed by atoms with Crippen LogP contribution >= 0.6 is 0 Å². The topological polar surface area (TPSA) is 165 Å². The summed E-state index contributed by atoms with van der Waals surface area (Å²) in [6.45, 7) is -0.490. The summed E-state index contributed by atoms with van der Waals surface area (Å²) in [7, 11) is -2.11. The van der Waals surface area contributed by atoms with Gasteiger partial charge in [0.2, 0.25) is 0 Å². The van der Waals surface area contributed by atoms with E-state index in [-0.39, 0.29) is 5.56 Å². The molecular weight excluding hydrogens is 416 g/mol. The molecule has 2 unspecified atom stereocenters. The standard InChI is InChI=1S/C19H22N2O8S/c1-29-19(11-30(27,28)12-19)16(18(25)21-26)20-17(24)14-8-6-13(7-9-14)4-2-3-5-15(23)10-22/h6-9,15-16,18,21-23,25-26H,10-12H2,1H3,(H,20,24)/t15-,16?,18?/m0/s1. The molecule has 0 spiro atoms. The van der Waals surface area contributed by atoms with E-state index in [9.17, 15) is 18.3 Å². The number of benzene rings is 1. The van der Waals surface area contributed by atoms with Crippen LogP contribution < -0.4 is 10.8 Å². The van der Waals surface area contributed by atoms with E-state index in [2.05, 4.69) is 29.0 Å². The fourth-order valence-corrected chi connectivity index (χ4v) is 4.90. The van der Waals surface area contributed by atoms with Gasteiger partial charge in [0.05, 0.1) is 18.1 Å². The molecule has 0 aromatic heterocycles. The highest BCUT2D eigenvalue weighted by atomic mass is 32.2. The number of sulfone groups is 1. The number of aliphatic hydroxyl groups excluding tert-OH is 3. The number of rotatable bonds is 7. The third kappa shape index (κ3) is 5.78. The number of ether oxygens (including phenoxy) is 1. The lowest BCUT2D eigenvalue weighted by molar-refractivity contribution is -0.0953. The molecule has 6 N–H and O–H groups in total. The van der Waals surface area contributed by atoms with Crippen LogP contribution in [0, 0.1) is 23.7 Å². The second-order valence-electron chi connectivity index (χ2n) is 6.62. The lowest BCUT2D eigenvalue weighted by Gasteiger charge is -2.46. The smallest absolute Gasteiger partial charge is 0.251 e. The molecule has 0 bridgehead atoms. The maximum absolute atomic E-state index is 12.6. The lowest BCUT2D eigenvalue weighted by Crippen LogP contribution is -2.72. The number of carbonyl (C=O) groups is 1. The van der Waals surface area contributed by atoms with Gasteiger partial charge in [-0.1, -0.05) is 11.8 Å². The van der Waals surface area contributed by atoms with Crippen LogP contribution in [0.4, 0.5) is 0 Å². The molecule has 30 heavy (non-hydrogen) atoms. The van der Waals surface area contributed by atoms with E-state index in [0.717, 1.165) is 0 Å². The predicted octanol–water partition coefficient (Wildman–Crippen LogP) is -2.40. The molecule has 1 fully saturated rings. The molecule has 11 heteroatoms. The minimum Gasteiger partial charge on any atom is -0.393 e. The lowest BCUT2D eigenvalue weighted by atomic mass is 9.95. The Morgan fingerprint density at radius 3 is 2.37 bits per heavy atom. The van der Waals surface area contributed by atoms with Crippen LogP contribution in [0.2, 0.25) is 0 Å². The Hall–Kier alpha value is -2.48. The molecule has 1 aliphatic heterocycles. The molecule has 1 amide bonds. The van der Waals surface area contributed by atoms with Crippen molar-refractivity contribution in [3.63, 3.8) is 0 Å². The molecule has 1 heterocycles. The first-order valence-electron chi connectivity index (χ1n) is 8.71. The average Bonchev–Trinajstić information content (AvgIpc) is 2.72. The SMILES string of the molecule is COC1(C(NC(=O)c2ccc(C#CC#C[C@H](O)CO)cc2)C(O)NO)CS(=O)(=O)C1. The van der Waals surface area contributed by atoms with Crippen LogP contribution in [0.3, 0.4) is 0 Å². The van der Waals surface area contributed by atoms with Crippen molar-refractivity contribution in [1.29, 1.82) is 0 Å². The molecule has 1 aliphatic rings. The Morgan fingerprint density at radius 2 is 1.87 bits per heavy atom. The van der Waals surface area contributed by atoms with Gasteiger partial charge < -0.3 is 30.6 Å². The van der Waals surface area contributed by atoms with Gasteiger partial charge in [0.25, 0.3) is 5.91 Å². The van der Waals surface area contributed by atoms with Crippen molar-refractivity contribution >= 4 is 15.7 Å². The average molecular weight is 438 g/mol. The Bertz CT molecular complexity index is 973. The van der Waals surface area contributed by atoms with E-state index in [1.807, 2.05) is 0 Å². The minimum absolute atomic E-state index is 0.200. The zero-order valence-corrected chi connectivity index (χ0v) is 16.8. The molecule has 0 aliphatic carbocycles. The van der Waals surface area contributed by atoms with Crippen molar-refractivity contribution in [2.45, 2.75) is 24.0 Å². The van der Waals surface area contributed by atoms with Gasteiger partial charge in [-0.2, -0.15) is 5.48 Å². The Labute approximate surface area is 173 Å². The Kier molecular flexibility index (Phi) is 7.95. The van der Waals surface area contributed by atoms with Gasteiger partial charge in [-0.15, -0.1) is 0 Å². The summed E-state index contributed by atoms with van der Waals surface area (Å²) in [4.78, 5) is 12.6. The molecule has 0 saturated carbocycles. The number of hydrogen-bond donors (Lipinski definition) is 6. The van der Waals surface area contributed by atoms with Gasteiger partial charge in [-0.25, -0.2) is 8.42 Å². The summed E-state index contributed by atoms with van der Waals surface area (Å²) in [5.41, 5.74) is 0.960. The molecule has 0 radical (unpaired) electrons. The fourth-order valence-electron chi connectivity index (χ4n) is 2.90. The second-order valence-corrected chi connectivity index (χ2v) is 8.69. The minimum atomic E-state index is -3.36. The van der Waals surface area contributed by atoms with Crippen LogP contribution in [0.1, 0.15) is 15.9 Å². The summed E-state index contributed by atoms with van der Waals surface area (Å²) in [6, 6.07) is 4.77. The summed E-state index contributed by atoms with van der Waals surface area (Å²) in [5, 5.41) is 39.3. The highest BCUT2D eigenvalue weighted by Crippen LogP contribution is 2.32. The van der Waals surface area contributed by atoms with E-state index < -0.39 is 57.8 Å². The van der Waals surface area contributed by atoms with Crippen molar-refractivity contribution in [2.24, 2.45) is 0 Å². The zero-order chi connectivity index (χ0) is 22.4. The number of aliphatic hydroxyl groups is 3. The summed E-state index contributed by atoms with van der Waals surface area (Å²) >= 11 is 0. The largest absolute Gasteiger partial charge is 0.393 e. The number of methoxy groups -OCH3 is 1. The molecule has 1 aromatic carbocycles. The van der Waals surface area contributed by atoms with Gasteiger partial charge in [0.1, 0.15) is 24.0 Å². The summed E-state index contributed by atoms with van der Waals surface area (Å²) in [5.74, 6) is 8.45. The fraction of sp³-hybridized carbons (Fsp3) is 0.421. The first kappa shape index (κ1) is 23.8. The predicted molar refractivity (Wildman–Crippen MR) is 105 cm³/mol. The number of hydroxylamine groups is 1. The van der Waals surface area contributed by atoms with Crippen LogP contribution in [0.15, 0.2) is 24.3 Å². The maximum Gasteiger partial charge on any atom is 0.251 e. The van der Waals surface area contributed by atoms with Crippen molar-refractivity contribution in [3.05, 3.63) is 35.4 Å². The van der Waals surface area contributed by atoms with Gasteiger partial charge in [0.15, 0.2) is 9.84 Å². The quantitative estimate of drug-likeness (QED) is 0.155. The van der Waals surface area contributed by atoms with E-state index in [1.165, 1.54) is 19.2 Å². The molecular formula is C19H22N2O8S. The summed E-state index contributed by atoms with van der Waals surface area (Å²) in [6.07, 6.45) is -2.83. The first-order valence-corrected chi connectivity index (χ1v) is 10.5. The van der Waals surface area contributed by atoms with Crippen LogP contribution in [0.5, 0.6) is 0 Å². The molecule has 162 valence electrons. The maximum atomic E-state index is 12.6. The Morgan fingerprint density at radius 1 is 1.23 bits per heavy atom. The van der Waals surface area contributed by atoms with Crippen LogP contribution in [-0.2, 0) is 14.6 Å². The van der Waals surface area contributed by atoms with Gasteiger partial charge in [-0.05, 0) is 36.1 Å². The third-order valence-corrected chi connectivity index (χ3v) is 6.32. The molecule has 2 rings (SSSR count). The van der Waals surface area contributed by atoms with Crippen molar-refractivity contribution in [3.8, 4) is 23.7 Å². The van der Waals surface area contributed by atoms with Gasteiger partial charge in [-0.3, -0.25) is 4.79 Å². The number of carbonyl (C=O) groups excluding carboxylic acids is 1. The van der Waals surface area contributed by atoms with Crippen molar-refractivity contribution in [1.82, 2.24) is 10.8 Å². The van der Waals surface area contributed by atoms with E-state index in [0.29, 0.717) is 5.56 Å². The highest BCUT2D eigenvalue weighted by Gasteiger charge is 2.57. The molecule has 3 atom stereocenters. The van der Waals surface area contributed by atoms with Crippen LogP contribution in [-0.4, -0.2) is 84.0 Å². The van der Waals surface area contributed by atoms with Gasteiger partial charge >= 0.3 is 0 Å². The molecule has 1 aromatic rings. The van der Waals surface area contributed by atoms with E-state index >= 15 is 0 Å². The van der Waals surface area contributed by atoms with Gasteiger partial charge in [0, 0.05) is 18.2 Å².